The summed E-state index contributed by atoms with van der Waals surface area (Å²) in [5.41, 5.74) is 0. The molecule has 0 rings (SSSR count). The number of hydrogen-bond acceptors (Lipinski definition) is 8. The van der Waals surface area contributed by atoms with Crippen molar-refractivity contribution in [1.29, 1.82) is 0 Å². The zero-order chi connectivity index (χ0) is 8.41. The first-order chi connectivity index (χ1) is 4.21. The van der Waals surface area contributed by atoms with Crippen LogP contribution in [-0.2, 0) is 75.8 Å². The van der Waals surface area contributed by atoms with Gasteiger partial charge in [0, 0.05) is 0 Å². The molecule has 60 valence electrons. The van der Waals surface area contributed by atoms with E-state index in [-0.39, 0.29) is 113 Å². The third-order valence-electron chi connectivity index (χ3n) is 0.295. The number of azo groups is 1. The number of nitrogens with zero attached hydrogens (tertiary/aromatic N) is 2. The van der Waals surface area contributed by atoms with Gasteiger partial charge in [-0.05, 0) is 0 Å². The van der Waals surface area contributed by atoms with Crippen LogP contribution in [0.2, 0.25) is 0 Å². The summed E-state index contributed by atoms with van der Waals surface area (Å²) >= 11 is 26.9. The molecule has 14 heteroatoms. The minimum Gasteiger partial charge on any atom is -0.813 e. The summed E-state index contributed by atoms with van der Waals surface area (Å²) in [5.74, 6) is 0. The molecule has 0 aromatic heterocycles. The second-order valence-corrected chi connectivity index (χ2v) is 6.34. The van der Waals surface area contributed by atoms with Crippen molar-refractivity contribution in [2.24, 2.45) is 10.2 Å². The Morgan fingerprint density at radius 3 is 0.625 bits per heavy atom. The predicted octanol–water partition coefficient (Wildman–Crippen LogP) is -18.0. The fourth-order valence-corrected chi connectivity index (χ4v) is 0.367. The van der Waals surface area contributed by atoms with Crippen LogP contribution in [0, 0.1) is 0 Å². The molecule has 0 saturated carbocycles. The first-order valence-electron chi connectivity index (χ1n) is 1.87. The van der Waals surface area contributed by atoms with Gasteiger partial charge in [-0.15, -0.1) is 0 Å². The van der Waals surface area contributed by atoms with Crippen molar-refractivity contribution in [3.05, 3.63) is 0 Å². The van der Waals surface area contributed by atoms with E-state index in [1.54, 1.807) is 0 Å². The van der Waals surface area contributed by atoms with E-state index in [1.807, 2.05) is 0 Å². The first kappa shape index (κ1) is 42.9. The van der Waals surface area contributed by atoms with Crippen LogP contribution in [-0.4, -0.2) is 7.07 Å². The van der Waals surface area contributed by atoms with E-state index in [1.165, 1.54) is 0 Å². The molecular weight excluding hydrogens is 286 g/mol. The van der Waals surface area contributed by atoms with Crippen LogP contribution < -0.4 is 113 Å². The fourth-order valence-electron chi connectivity index (χ4n) is 0.122. The average Bonchev–Trinajstić information content (AvgIpc) is 1.57. The van der Waals surface area contributed by atoms with Gasteiger partial charge in [-0.1, -0.05) is 0 Å². The molecule has 0 fully saturated rings. The van der Waals surface area contributed by atoms with Crippen molar-refractivity contribution in [2.75, 3.05) is 0 Å². The van der Waals surface area contributed by atoms with Gasteiger partial charge in [0.05, 0.1) is 0 Å². The zero-order valence-electron chi connectivity index (χ0n) is 10.3. The summed E-state index contributed by atoms with van der Waals surface area (Å²) in [7, 11) is 0. The van der Waals surface area contributed by atoms with Crippen LogP contribution in [0.5, 0.6) is 0 Å². The molecule has 0 aliphatic rings. The summed E-state index contributed by atoms with van der Waals surface area (Å²) in [6.45, 7) is 0. The Labute approximate surface area is 202 Å². The van der Waals surface area contributed by atoms with Crippen LogP contribution in [0.4, 0.5) is 0 Å². The minimum absolute atomic E-state index is 0. The molecule has 0 spiro atoms. The van der Waals surface area contributed by atoms with Crippen LogP contribution in [0.15, 0.2) is 10.2 Å². The monoisotopic (exact) mass is 286 g/mol. The van der Waals surface area contributed by atoms with Gasteiger partial charge in [-0.25, -0.2) is 0 Å². The molecule has 0 saturated heterocycles. The molecule has 0 aliphatic heterocycles. The molecule has 0 heterocycles. The second-order valence-electron chi connectivity index (χ2n) is 1.25. The van der Waals surface area contributed by atoms with Crippen molar-refractivity contribution in [1.82, 2.24) is 0 Å². The molecule has 0 aromatic rings. The van der Waals surface area contributed by atoms with Gasteiger partial charge in [-0.2, -0.15) is 0 Å². The van der Waals surface area contributed by atoms with E-state index >= 15 is 0 Å². The fraction of sp³-hybridized carbons (Fsp3) is 1.00. The van der Waals surface area contributed by atoms with Gasteiger partial charge in [-0.3, -0.25) is 17.3 Å². The van der Waals surface area contributed by atoms with Crippen LogP contribution in [0.1, 0.15) is 0 Å². The molecule has 0 amide bonds. The summed E-state index contributed by atoms with van der Waals surface area (Å²) in [4.78, 5) is 0. The Morgan fingerprint density at radius 2 is 0.562 bits per heavy atom. The van der Waals surface area contributed by atoms with Crippen LogP contribution >= 0.6 is 0 Å². The van der Waals surface area contributed by atoms with Crippen LogP contribution in [0.3, 0.4) is 0 Å². The number of rotatable bonds is 2. The van der Waals surface area contributed by atoms with Gasteiger partial charge in [0.1, 0.15) is 0 Å². The maximum absolute atomic E-state index is 4.48. The zero-order valence-corrected chi connectivity index (χ0v) is 15.2. The van der Waals surface area contributed by atoms with Gasteiger partial charge < -0.3 is 75.8 Å². The molecule has 0 bridgehead atoms. The third kappa shape index (κ3) is 42.7. The molecule has 0 unspecified atom stereocenters. The van der Waals surface area contributed by atoms with Crippen molar-refractivity contribution >= 4 is 75.8 Å². The number of hydrogen-bond donors (Lipinski definition) is 0. The molecular formula is C2Li6N2S6. The van der Waals surface area contributed by atoms with E-state index in [0.29, 0.717) is 0 Å². The van der Waals surface area contributed by atoms with E-state index in [0.717, 1.165) is 0 Å². The van der Waals surface area contributed by atoms with Gasteiger partial charge in [0.15, 0.2) is 0 Å². The molecule has 0 aromatic carbocycles. The quantitative estimate of drug-likeness (QED) is 0.284. The second kappa shape index (κ2) is 20.3. The van der Waals surface area contributed by atoms with E-state index < -0.39 is 7.07 Å². The Bertz CT molecular complexity index is 129. The topological polar surface area (TPSA) is 24.7 Å². The van der Waals surface area contributed by atoms with Crippen molar-refractivity contribution in [3.63, 3.8) is 0 Å². The molecule has 0 N–H and O–H groups in total. The summed E-state index contributed by atoms with van der Waals surface area (Å²) < 4.78 is -2.97. The van der Waals surface area contributed by atoms with Gasteiger partial charge in [0.2, 0.25) is 0 Å². The SMILES string of the molecule is [Li+].[Li+].[Li+].[Li+].[Li+].[Li+].[S-]C([S-])([S-])/N=N/C([S-])([S-])[S-]. The summed E-state index contributed by atoms with van der Waals surface area (Å²) in [5, 5.41) is 6.57. The van der Waals surface area contributed by atoms with E-state index in [2.05, 4.69) is 86.0 Å². The van der Waals surface area contributed by atoms with Crippen LogP contribution in [0.25, 0.3) is 0 Å². The van der Waals surface area contributed by atoms with Crippen molar-refractivity contribution < 1.29 is 113 Å². The van der Waals surface area contributed by atoms with E-state index in [9.17, 15) is 0 Å². The Balaban J connectivity index is -0.0000000270. The normalized spacial score (nSPS) is 9.12. The third-order valence-corrected chi connectivity index (χ3v) is 0.785. The Hall–Kier alpha value is 5.28. The van der Waals surface area contributed by atoms with E-state index in [4.69, 9.17) is 0 Å². The van der Waals surface area contributed by atoms with Crippen molar-refractivity contribution in [3.8, 4) is 0 Å². The molecule has 0 radical (unpaired) electrons. The largest absolute Gasteiger partial charge is 1.00 e. The van der Waals surface area contributed by atoms with Crippen molar-refractivity contribution in [2.45, 2.75) is 7.07 Å². The van der Waals surface area contributed by atoms with Gasteiger partial charge in [0.25, 0.3) is 0 Å². The molecule has 0 atom stereocenters. The maximum Gasteiger partial charge on any atom is 1.00 e. The predicted molar refractivity (Wildman–Crippen MR) is 54.5 cm³/mol. The maximum atomic E-state index is 4.48. The average molecular weight is 286 g/mol. The molecule has 2 nitrogen and oxygen atoms in total. The summed E-state index contributed by atoms with van der Waals surface area (Å²) in [6.07, 6.45) is 0. The Kier molecular flexibility index (Phi) is 54.4. The first-order valence-corrected chi connectivity index (χ1v) is 4.32. The smallest absolute Gasteiger partial charge is 0.813 e. The minimum atomic E-state index is -1.48. The standard InChI is InChI=1S/C2H6N2S6.6Li/c5-1(6,7)3-4-2(8,9)10;;;;;;/h5-10H;;;;;;/q;6*+1/p-6/b4-3+;;;;;;. The molecule has 16 heavy (non-hydrogen) atoms. The summed E-state index contributed by atoms with van der Waals surface area (Å²) in [6, 6.07) is 0. The Morgan fingerprint density at radius 1 is 0.438 bits per heavy atom. The van der Waals surface area contributed by atoms with Gasteiger partial charge >= 0.3 is 113 Å². The molecule has 0 aliphatic carbocycles.